The molecule has 1 aromatic rings. The van der Waals surface area contributed by atoms with E-state index >= 15 is 0 Å². The lowest BCUT2D eigenvalue weighted by molar-refractivity contribution is -0.142. The maximum absolute atomic E-state index is 12.0. The summed E-state index contributed by atoms with van der Waals surface area (Å²) in [5.41, 5.74) is 1.02. The van der Waals surface area contributed by atoms with Gasteiger partial charge in [0.1, 0.15) is 0 Å². The van der Waals surface area contributed by atoms with Crippen LogP contribution in [0.4, 0.5) is 0 Å². The number of amides is 1. The predicted molar refractivity (Wildman–Crippen MR) is 79.0 cm³/mol. The van der Waals surface area contributed by atoms with Crippen molar-refractivity contribution in [2.45, 2.75) is 19.1 Å². The first-order chi connectivity index (χ1) is 10.5. The largest absolute Gasteiger partial charge is 0.481 e. The third-order valence-electron chi connectivity index (χ3n) is 3.71. The zero-order valence-electron chi connectivity index (χ0n) is 12.5. The molecule has 2 rings (SSSR count). The van der Waals surface area contributed by atoms with Gasteiger partial charge in [-0.15, -0.1) is 0 Å². The van der Waals surface area contributed by atoms with Gasteiger partial charge < -0.3 is 19.8 Å². The summed E-state index contributed by atoms with van der Waals surface area (Å²) in [7, 11) is 1.57. The Morgan fingerprint density at radius 3 is 2.59 bits per heavy atom. The highest BCUT2D eigenvalue weighted by atomic mass is 16.5. The number of aliphatic carboxylic acids is 1. The Balaban J connectivity index is 1.67. The fourth-order valence-electron chi connectivity index (χ4n) is 2.37. The van der Waals surface area contributed by atoms with Crippen molar-refractivity contribution in [3.8, 4) is 0 Å². The summed E-state index contributed by atoms with van der Waals surface area (Å²) in [6.07, 6.45) is -0.404. The van der Waals surface area contributed by atoms with Crippen LogP contribution >= 0.6 is 0 Å². The lowest BCUT2D eigenvalue weighted by atomic mass is 10.2. The van der Waals surface area contributed by atoms with E-state index in [4.69, 9.17) is 9.84 Å². The van der Waals surface area contributed by atoms with Crippen LogP contribution in [0, 0.1) is 11.8 Å². The van der Waals surface area contributed by atoms with E-state index in [1.165, 1.54) is 4.90 Å². The van der Waals surface area contributed by atoms with Gasteiger partial charge in [0.05, 0.1) is 31.2 Å². The minimum atomic E-state index is -0.932. The Bertz CT molecular complexity index is 519. The van der Waals surface area contributed by atoms with Gasteiger partial charge in [0, 0.05) is 13.6 Å². The molecule has 0 radical (unpaired) electrons. The van der Waals surface area contributed by atoms with Crippen molar-refractivity contribution in [2.75, 3.05) is 20.2 Å². The normalized spacial score (nSPS) is 21.2. The van der Waals surface area contributed by atoms with E-state index in [-0.39, 0.29) is 19.1 Å². The maximum Gasteiger partial charge on any atom is 0.307 e. The number of ether oxygens (including phenoxy) is 1. The summed E-state index contributed by atoms with van der Waals surface area (Å²) in [5.74, 6) is -2.17. The van der Waals surface area contributed by atoms with Crippen LogP contribution in [0.25, 0.3) is 0 Å². The lowest BCUT2D eigenvalue weighted by Crippen LogP contribution is -2.37. The molecular weight excluding hydrogens is 286 g/mol. The van der Waals surface area contributed by atoms with E-state index in [1.54, 1.807) is 7.05 Å². The molecule has 1 aliphatic carbocycles. The molecule has 0 spiro atoms. The van der Waals surface area contributed by atoms with Crippen LogP contribution in [0.5, 0.6) is 0 Å². The molecule has 6 heteroatoms. The molecule has 3 unspecified atom stereocenters. The molecule has 0 bridgehead atoms. The number of carbonyl (C=O) groups is 2. The van der Waals surface area contributed by atoms with Gasteiger partial charge in [0.25, 0.3) is 0 Å². The molecule has 0 aromatic heterocycles. The SMILES string of the molecule is CN(CC(O)COCc1ccccc1)C(=O)C1CC1C(=O)O. The summed E-state index contributed by atoms with van der Waals surface area (Å²) in [4.78, 5) is 24.1. The highest BCUT2D eigenvalue weighted by Crippen LogP contribution is 2.39. The van der Waals surface area contributed by atoms with Crippen molar-refractivity contribution in [1.82, 2.24) is 4.90 Å². The Morgan fingerprint density at radius 2 is 2.00 bits per heavy atom. The number of carbonyl (C=O) groups excluding carboxylic acids is 1. The summed E-state index contributed by atoms with van der Waals surface area (Å²) >= 11 is 0. The summed E-state index contributed by atoms with van der Waals surface area (Å²) in [6, 6.07) is 9.61. The third-order valence-corrected chi connectivity index (χ3v) is 3.71. The Hall–Kier alpha value is -1.92. The van der Waals surface area contributed by atoms with E-state index in [1.807, 2.05) is 30.3 Å². The Labute approximate surface area is 129 Å². The van der Waals surface area contributed by atoms with Gasteiger partial charge in [-0.2, -0.15) is 0 Å². The summed E-state index contributed by atoms with van der Waals surface area (Å²) in [6.45, 7) is 0.662. The molecule has 3 atom stereocenters. The van der Waals surface area contributed by atoms with Gasteiger partial charge in [0.15, 0.2) is 0 Å². The monoisotopic (exact) mass is 307 g/mol. The number of nitrogens with zero attached hydrogens (tertiary/aromatic N) is 1. The number of carboxylic acids is 1. The van der Waals surface area contributed by atoms with Crippen LogP contribution in [0.3, 0.4) is 0 Å². The van der Waals surface area contributed by atoms with Crippen LogP contribution in [-0.2, 0) is 20.9 Å². The second-order valence-electron chi connectivity index (χ2n) is 5.66. The lowest BCUT2D eigenvalue weighted by Gasteiger charge is -2.21. The first-order valence-corrected chi connectivity index (χ1v) is 7.26. The van der Waals surface area contributed by atoms with Crippen molar-refractivity contribution >= 4 is 11.9 Å². The first-order valence-electron chi connectivity index (χ1n) is 7.26. The third kappa shape index (κ3) is 4.54. The molecule has 0 heterocycles. The van der Waals surface area contributed by atoms with Crippen LogP contribution in [0.15, 0.2) is 30.3 Å². The molecule has 1 fully saturated rings. The van der Waals surface area contributed by atoms with Crippen LogP contribution < -0.4 is 0 Å². The quantitative estimate of drug-likeness (QED) is 0.740. The molecule has 0 saturated heterocycles. The molecular formula is C16H21NO5. The van der Waals surface area contributed by atoms with Crippen molar-refractivity contribution < 1.29 is 24.5 Å². The minimum Gasteiger partial charge on any atom is -0.481 e. The summed E-state index contributed by atoms with van der Waals surface area (Å²) < 4.78 is 5.42. The van der Waals surface area contributed by atoms with Crippen LogP contribution in [-0.4, -0.2) is 53.3 Å². The molecule has 1 aromatic carbocycles. The van der Waals surface area contributed by atoms with Crippen molar-refractivity contribution in [1.29, 1.82) is 0 Å². The molecule has 22 heavy (non-hydrogen) atoms. The van der Waals surface area contributed by atoms with Crippen molar-refractivity contribution in [3.05, 3.63) is 35.9 Å². The zero-order chi connectivity index (χ0) is 16.1. The topological polar surface area (TPSA) is 87.1 Å². The number of aliphatic hydroxyl groups excluding tert-OH is 1. The molecule has 1 aliphatic rings. The van der Waals surface area contributed by atoms with Crippen molar-refractivity contribution in [3.63, 3.8) is 0 Å². The van der Waals surface area contributed by atoms with E-state index in [0.29, 0.717) is 13.0 Å². The van der Waals surface area contributed by atoms with Gasteiger partial charge in [-0.3, -0.25) is 9.59 Å². The van der Waals surface area contributed by atoms with E-state index in [2.05, 4.69) is 0 Å². The van der Waals surface area contributed by atoms with Gasteiger partial charge in [0.2, 0.25) is 5.91 Å². The second-order valence-corrected chi connectivity index (χ2v) is 5.66. The number of likely N-dealkylation sites (N-methyl/N-ethyl adjacent to an activating group) is 1. The fraction of sp³-hybridized carbons (Fsp3) is 0.500. The number of benzene rings is 1. The van der Waals surface area contributed by atoms with E-state index in [0.717, 1.165) is 5.56 Å². The van der Waals surface area contributed by atoms with Gasteiger partial charge in [-0.05, 0) is 12.0 Å². The number of rotatable bonds is 8. The predicted octanol–water partition coefficient (Wildman–Crippen LogP) is 0.743. The fourth-order valence-corrected chi connectivity index (χ4v) is 2.37. The Morgan fingerprint density at radius 1 is 1.32 bits per heavy atom. The zero-order valence-corrected chi connectivity index (χ0v) is 12.5. The number of carboxylic acid groups (broad SMARTS) is 1. The summed E-state index contributed by atoms with van der Waals surface area (Å²) in [5, 5.41) is 18.7. The van der Waals surface area contributed by atoms with E-state index in [9.17, 15) is 14.7 Å². The van der Waals surface area contributed by atoms with E-state index < -0.39 is 23.9 Å². The number of hydrogen-bond acceptors (Lipinski definition) is 4. The standard InChI is InChI=1S/C16H21NO5/c1-17(15(19)13-7-14(13)16(20)21)8-12(18)10-22-9-11-5-3-2-4-6-11/h2-6,12-14,18H,7-10H2,1H3,(H,20,21). The van der Waals surface area contributed by atoms with Gasteiger partial charge >= 0.3 is 5.97 Å². The van der Waals surface area contributed by atoms with Crippen LogP contribution in [0.1, 0.15) is 12.0 Å². The second kappa shape index (κ2) is 7.38. The number of aliphatic hydroxyl groups is 1. The van der Waals surface area contributed by atoms with Gasteiger partial charge in [-0.25, -0.2) is 0 Å². The molecule has 120 valence electrons. The average molecular weight is 307 g/mol. The van der Waals surface area contributed by atoms with Gasteiger partial charge in [-0.1, -0.05) is 30.3 Å². The average Bonchev–Trinajstić information content (AvgIpc) is 3.28. The number of hydrogen-bond donors (Lipinski definition) is 2. The highest BCUT2D eigenvalue weighted by molar-refractivity contribution is 5.89. The molecule has 2 N–H and O–H groups in total. The maximum atomic E-state index is 12.0. The molecule has 1 saturated carbocycles. The highest BCUT2D eigenvalue weighted by Gasteiger charge is 2.49. The van der Waals surface area contributed by atoms with Crippen molar-refractivity contribution in [2.24, 2.45) is 11.8 Å². The van der Waals surface area contributed by atoms with Crippen LogP contribution in [0.2, 0.25) is 0 Å². The smallest absolute Gasteiger partial charge is 0.307 e. The molecule has 1 amide bonds. The first kappa shape index (κ1) is 16.5. The Kier molecular flexibility index (Phi) is 5.51. The molecule has 6 nitrogen and oxygen atoms in total. The minimum absolute atomic E-state index is 0.125. The molecule has 0 aliphatic heterocycles.